The molecule has 0 atom stereocenters. The molecule has 0 spiro atoms. The van der Waals surface area contributed by atoms with E-state index < -0.39 is 0 Å². The molecule has 0 saturated heterocycles. The number of anilines is 3. The van der Waals surface area contributed by atoms with E-state index in [-0.39, 0.29) is 12.1 Å². The van der Waals surface area contributed by atoms with Gasteiger partial charge in [-0.25, -0.2) is 4.98 Å². The Labute approximate surface area is 162 Å². The predicted molar refractivity (Wildman–Crippen MR) is 108 cm³/mol. The lowest BCUT2D eigenvalue weighted by Gasteiger charge is -2.28. The number of fused-ring (bicyclic) bond motifs is 1. The predicted octanol–water partition coefficient (Wildman–Crippen LogP) is 3.96. The van der Waals surface area contributed by atoms with Crippen LogP contribution in [0.1, 0.15) is 32.6 Å². The van der Waals surface area contributed by atoms with E-state index in [1.807, 2.05) is 35.8 Å². The van der Waals surface area contributed by atoms with Gasteiger partial charge < -0.3 is 20.3 Å². The number of imidazole rings is 1. The number of aryl methyl sites for hydroxylation is 1. The van der Waals surface area contributed by atoms with Crippen LogP contribution in [-0.2, 0) is 6.54 Å². The highest BCUT2D eigenvalue weighted by Gasteiger charge is 2.34. The summed E-state index contributed by atoms with van der Waals surface area (Å²) in [5.41, 5.74) is 1.94. The van der Waals surface area contributed by atoms with Crippen molar-refractivity contribution in [2.75, 3.05) is 17.2 Å². The first kappa shape index (κ1) is 18.0. The van der Waals surface area contributed by atoms with Gasteiger partial charge in [0, 0.05) is 17.3 Å². The summed E-state index contributed by atoms with van der Waals surface area (Å²) >= 11 is 6.10. The fraction of sp³-hybridized carbons (Fsp3) is 0.421. The van der Waals surface area contributed by atoms with Gasteiger partial charge in [0.15, 0.2) is 17.0 Å². The molecule has 1 aliphatic carbocycles. The number of nitrogens with one attached hydrogen (secondary N) is 2. The summed E-state index contributed by atoms with van der Waals surface area (Å²) < 4.78 is 1.98. The molecule has 0 radical (unpaired) electrons. The number of hydrogen-bond donors (Lipinski definition) is 3. The van der Waals surface area contributed by atoms with E-state index in [0.717, 1.165) is 43.6 Å². The highest BCUT2D eigenvalue weighted by Crippen LogP contribution is 2.33. The summed E-state index contributed by atoms with van der Waals surface area (Å²) in [5.74, 6) is 1.11. The van der Waals surface area contributed by atoms with Gasteiger partial charge in [0.25, 0.3) is 0 Å². The number of halogens is 1. The summed E-state index contributed by atoms with van der Waals surface area (Å²) in [4.78, 5) is 13.8. The Balaban J connectivity index is 1.76. The van der Waals surface area contributed by atoms with Crippen LogP contribution in [0.4, 0.5) is 17.5 Å². The molecule has 0 bridgehead atoms. The SMILES string of the molecule is CCn1cnc2c(Nc3cccc(Cl)c3)nc(NC3(CO)CCCC3)nc21. The van der Waals surface area contributed by atoms with E-state index in [0.29, 0.717) is 22.3 Å². The second-order valence-corrected chi connectivity index (χ2v) is 7.44. The number of aromatic nitrogens is 4. The van der Waals surface area contributed by atoms with Crippen LogP contribution in [0.5, 0.6) is 0 Å². The topological polar surface area (TPSA) is 87.9 Å². The molecule has 3 aromatic rings. The van der Waals surface area contributed by atoms with E-state index in [1.165, 1.54) is 0 Å². The lowest BCUT2D eigenvalue weighted by atomic mass is 9.99. The maximum atomic E-state index is 9.92. The van der Waals surface area contributed by atoms with Crippen LogP contribution in [0.25, 0.3) is 11.2 Å². The van der Waals surface area contributed by atoms with E-state index in [2.05, 4.69) is 25.6 Å². The zero-order valence-corrected chi connectivity index (χ0v) is 16.0. The number of nitrogens with zero attached hydrogens (tertiary/aromatic N) is 4. The second-order valence-electron chi connectivity index (χ2n) is 7.00. The van der Waals surface area contributed by atoms with Crippen LogP contribution >= 0.6 is 11.6 Å². The van der Waals surface area contributed by atoms with Crippen LogP contribution in [0.2, 0.25) is 5.02 Å². The quantitative estimate of drug-likeness (QED) is 0.594. The van der Waals surface area contributed by atoms with Gasteiger partial charge >= 0.3 is 0 Å². The fourth-order valence-electron chi connectivity index (χ4n) is 3.63. The third kappa shape index (κ3) is 3.57. The van der Waals surface area contributed by atoms with Crippen LogP contribution in [0.15, 0.2) is 30.6 Å². The normalized spacial score (nSPS) is 16.0. The van der Waals surface area contributed by atoms with E-state index >= 15 is 0 Å². The Morgan fingerprint density at radius 1 is 1.26 bits per heavy atom. The molecule has 8 heteroatoms. The third-order valence-electron chi connectivity index (χ3n) is 5.13. The number of hydrogen-bond acceptors (Lipinski definition) is 6. The summed E-state index contributed by atoms with van der Waals surface area (Å²) in [6, 6.07) is 7.47. The van der Waals surface area contributed by atoms with Gasteiger partial charge in [-0.1, -0.05) is 30.5 Å². The first-order chi connectivity index (χ1) is 13.1. The number of rotatable bonds is 6. The van der Waals surface area contributed by atoms with Crippen molar-refractivity contribution in [3.8, 4) is 0 Å². The van der Waals surface area contributed by atoms with Crippen molar-refractivity contribution in [2.45, 2.75) is 44.7 Å². The molecule has 1 saturated carbocycles. The molecule has 7 nitrogen and oxygen atoms in total. The zero-order chi connectivity index (χ0) is 18.9. The van der Waals surface area contributed by atoms with Crippen LogP contribution < -0.4 is 10.6 Å². The Kier molecular flexibility index (Phi) is 4.88. The van der Waals surface area contributed by atoms with Gasteiger partial charge in [-0.15, -0.1) is 0 Å². The highest BCUT2D eigenvalue weighted by molar-refractivity contribution is 6.30. The van der Waals surface area contributed by atoms with Gasteiger partial charge in [-0.05, 0) is 38.0 Å². The molecule has 4 rings (SSSR count). The van der Waals surface area contributed by atoms with E-state index in [9.17, 15) is 5.11 Å². The lowest BCUT2D eigenvalue weighted by Crippen LogP contribution is -2.39. The maximum absolute atomic E-state index is 9.92. The maximum Gasteiger partial charge on any atom is 0.227 e. The smallest absolute Gasteiger partial charge is 0.227 e. The van der Waals surface area contributed by atoms with Gasteiger partial charge in [-0.2, -0.15) is 9.97 Å². The first-order valence-electron chi connectivity index (χ1n) is 9.27. The molecular formula is C19H23ClN6O. The number of aliphatic hydroxyl groups is 1. The van der Waals surface area contributed by atoms with Crippen molar-refractivity contribution in [2.24, 2.45) is 0 Å². The van der Waals surface area contributed by atoms with Crippen LogP contribution in [0, 0.1) is 0 Å². The molecule has 1 fully saturated rings. The fourth-order valence-corrected chi connectivity index (χ4v) is 3.82. The van der Waals surface area contributed by atoms with Gasteiger partial charge in [0.2, 0.25) is 5.95 Å². The Morgan fingerprint density at radius 3 is 2.78 bits per heavy atom. The van der Waals surface area contributed by atoms with Gasteiger partial charge in [0.1, 0.15) is 0 Å². The minimum absolute atomic E-state index is 0.0679. The molecule has 2 aromatic heterocycles. The summed E-state index contributed by atoms with van der Waals surface area (Å²) in [6.07, 6.45) is 5.78. The largest absolute Gasteiger partial charge is 0.394 e. The highest BCUT2D eigenvalue weighted by atomic mass is 35.5. The zero-order valence-electron chi connectivity index (χ0n) is 15.2. The molecule has 0 aliphatic heterocycles. The molecule has 2 heterocycles. The monoisotopic (exact) mass is 386 g/mol. The Morgan fingerprint density at radius 2 is 2.07 bits per heavy atom. The number of benzene rings is 1. The molecule has 1 aromatic carbocycles. The van der Waals surface area contributed by atoms with Crippen molar-refractivity contribution < 1.29 is 5.11 Å². The third-order valence-corrected chi connectivity index (χ3v) is 5.37. The Hall–Kier alpha value is -2.38. The van der Waals surface area contributed by atoms with Gasteiger partial charge in [0.05, 0.1) is 18.5 Å². The molecule has 142 valence electrons. The Bertz CT molecular complexity index is 951. The van der Waals surface area contributed by atoms with E-state index in [1.54, 1.807) is 6.33 Å². The van der Waals surface area contributed by atoms with Gasteiger partial charge in [-0.3, -0.25) is 0 Å². The lowest BCUT2D eigenvalue weighted by molar-refractivity contribution is 0.213. The van der Waals surface area contributed by atoms with Crippen molar-refractivity contribution in [3.63, 3.8) is 0 Å². The molecular weight excluding hydrogens is 364 g/mol. The minimum Gasteiger partial charge on any atom is -0.394 e. The number of aliphatic hydroxyl groups excluding tert-OH is 1. The standard InChI is InChI=1S/C19H23ClN6O/c1-2-26-12-21-15-16(22-14-7-5-6-13(20)10-14)23-18(24-17(15)26)25-19(11-27)8-3-4-9-19/h5-7,10,12,27H,2-4,8-9,11H2,1H3,(H2,22,23,24,25). The average Bonchev–Trinajstić information content (AvgIpc) is 3.29. The molecule has 3 N–H and O–H groups in total. The van der Waals surface area contributed by atoms with Crippen LogP contribution in [0.3, 0.4) is 0 Å². The summed E-state index contributed by atoms with van der Waals surface area (Å²) in [7, 11) is 0. The molecule has 1 aliphatic rings. The minimum atomic E-state index is -0.349. The molecule has 0 unspecified atom stereocenters. The molecule has 0 amide bonds. The first-order valence-corrected chi connectivity index (χ1v) is 9.65. The second kappa shape index (κ2) is 7.32. The van der Waals surface area contributed by atoms with E-state index in [4.69, 9.17) is 11.6 Å². The van der Waals surface area contributed by atoms with Crippen molar-refractivity contribution >= 4 is 40.2 Å². The van der Waals surface area contributed by atoms with Crippen molar-refractivity contribution in [1.29, 1.82) is 0 Å². The summed E-state index contributed by atoms with van der Waals surface area (Å²) in [6.45, 7) is 2.87. The van der Waals surface area contributed by atoms with Crippen molar-refractivity contribution in [3.05, 3.63) is 35.6 Å². The van der Waals surface area contributed by atoms with Crippen molar-refractivity contribution in [1.82, 2.24) is 19.5 Å². The summed E-state index contributed by atoms with van der Waals surface area (Å²) in [5, 5.41) is 17.3. The molecule has 27 heavy (non-hydrogen) atoms. The van der Waals surface area contributed by atoms with Crippen LogP contribution in [-0.4, -0.2) is 36.8 Å². The average molecular weight is 387 g/mol.